The van der Waals surface area contributed by atoms with Crippen molar-refractivity contribution in [3.63, 3.8) is 0 Å². The number of nitrogens with one attached hydrogen (secondary N) is 2. The number of carbonyl (C=O) groups is 1. The molecular formula is C18H19ClN2OS. The fourth-order valence-corrected chi connectivity index (χ4v) is 2.47. The van der Waals surface area contributed by atoms with E-state index in [0.29, 0.717) is 16.5 Å². The Bertz CT molecular complexity index is 726. The maximum absolute atomic E-state index is 12.2. The molecule has 0 radical (unpaired) electrons. The highest BCUT2D eigenvalue weighted by molar-refractivity contribution is 7.80. The van der Waals surface area contributed by atoms with Crippen LogP contribution < -0.4 is 10.6 Å². The van der Waals surface area contributed by atoms with Gasteiger partial charge in [-0.1, -0.05) is 43.6 Å². The number of amides is 1. The Morgan fingerprint density at radius 3 is 2.39 bits per heavy atom. The van der Waals surface area contributed by atoms with Gasteiger partial charge < -0.3 is 5.32 Å². The lowest BCUT2D eigenvalue weighted by Crippen LogP contribution is -2.34. The number of benzene rings is 2. The first-order valence-electron chi connectivity index (χ1n) is 7.36. The summed E-state index contributed by atoms with van der Waals surface area (Å²) >= 11 is 11.3. The summed E-state index contributed by atoms with van der Waals surface area (Å²) in [7, 11) is 0. The molecule has 0 saturated carbocycles. The van der Waals surface area contributed by atoms with E-state index in [0.717, 1.165) is 11.3 Å². The molecule has 5 heteroatoms. The smallest absolute Gasteiger partial charge is 0.257 e. The molecule has 0 spiro atoms. The number of rotatable bonds is 3. The van der Waals surface area contributed by atoms with E-state index in [1.807, 2.05) is 31.2 Å². The second-order valence-corrected chi connectivity index (χ2v) is 6.41. The summed E-state index contributed by atoms with van der Waals surface area (Å²) in [4.78, 5) is 12.2. The summed E-state index contributed by atoms with van der Waals surface area (Å²) in [5.41, 5.74) is 3.42. The molecule has 0 heterocycles. The van der Waals surface area contributed by atoms with E-state index in [1.165, 1.54) is 5.56 Å². The fraction of sp³-hybridized carbons (Fsp3) is 0.222. The van der Waals surface area contributed by atoms with Crippen molar-refractivity contribution >= 4 is 40.5 Å². The van der Waals surface area contributed by atoms with Crippen molar-refractivity contribution < 1.29 is 4.79 Å². The highest BCUT2D eigenvalue weighted by Crippen LogP contribution is 2.22. The zero-order chi connectivity index (χ0) is 17.0. The minimum Gasteiger partial charge on any atom is -0.332 e. The van der Waals surface area contributed by atoms with Crippen LogP contribution in [0, 0.1) is 6.92 Å². The Kier molecular flexibility index (Phi) is 5.74. The average Bonchev–Trinajstić information content (AvgIpc) is 2.52. The largest absolute Gasteiger partial charge is 0.332 e. The Morgan fingerprint density at radius 2 is 1.78 bits per heavy atom. The molecule has 2 aromatic carbocycles. The van der Waals surface area contributed by atoms with E-state index >= 15 is 0 Å². The van der Waals surface area contributed by atoms with Crippen molar-refractivity contribution in [2.24, 2.45) is 0 Å². The quantitative estimate of drug-likeness (QED) is 0.777. The Morgan fingerprint density at radius 1 is 1.13 bits per heavy atom. The Hall–Kier alpha value is -1.91. The summed E-state index contributed by atoms with van der Waals surface area (Å²) < 4.78 is 0. The molecule has 2 N–H and O–H groups in total. The third kappa shape index (κ3) is 4.53. The van der Waals surface area contributed by atoms with Crippen LogP contribution in [0.2, 0.25) is 5.02 Å². The van der Waals surface area contributed by atoms with Gasteiger partial charge in [0.1, 0.15) is 0 Å². The van der Waals surface area contributed by atoms with E-state index in [4.69, 9.17) is 23.8 Å². The third-order valence-electron chi connectivity index (χ3n) is 3.58. The highest BCUT2D eigenvalue weighted by Gasteiger charge is 2.10. The molecule has 2 rings (SSSR count). The second-order valence-electron chi connectivity index (χ2n) is 5.60. The van der Waals surface area contributed by atoms with E-state index in [9.17, 15) is 4.79 Å². The van der Waals surface area contributed by atoms with Crippen LogP contribution >= 0.6 is 23.8 Å². The SMILES string of the molecule is Cc1c(Cl)cccc1NC(=S)NC(=O)c1ccc(C(C)C)cc1. The number of anilines is 1. The molecule has 3 nitrogen and oxygen atoms in total. The van der Waals surface area contributed by atoms with Crippen LogP contribution in [0.1, 0.15) is 41.3 Å². The average molecular weight is 347 g/mol. The van der Waals surface area contributed by atoms with Crippen molar-refractivity contribution in [1.29, 1.82) is 0 Å². The normalized spacial score (nSPS) is 10.5. The number of halogens is 1. The molecule has 0 saturated heterocycles. The summed E-state index contributed by atoms with van der Waals surface area (Å²) in [6, 6.07) is 13.0. The lowest BCUT2D eigenvalue weighted by atomic mass is 10.0. The van der Waals surface area contributed by atoms with Crippen LogP contribution in [0.5, 0.6) is 0 Å². The molecule has 0 bridgehead atoms. The third-order valence-corrected chi connectivity index (χ3v) is 4.20. The highest BCUT2D eigenvalue weighted by atomic mass is 35.5. The molecule has 0 aliphatic rings. The van der Waals surface area contributed by atoms with Crippen LogP contribution in [-0.4, -0.2) is 11.0 Å². The lowest BCUT2D eigenvalue weighted by molar-refractivity contribution is 0.0977. The molecule has 0 aromatic heterocycles. The molecule has 0 aliphatic carbocycles. The van der Waals surface area contributed by atoms with Gasteiger partial charge in [-0.05, 0) is 60.5 Å². The predicted octanol–water partition coefficient (Wildman–Crippen LogP) is 4.90. The van der Waals surface area contributed by atoms with Crippen molar-refractivity contribution in [3.05, 3.63) is 64.2 Å². The topological polar surface area (TPSA) is 41.1 Å². The van der Waals surface area contributed by atoms with E-state index < -0.39 is 0 Å². The minimum atomic E-state index is -0.238. The molecule has 0 atom stereocenters. The number of hydrogen-bond acceptors (Lipinski definition) is 2. The van der Waals surface area contributed by atoms with Gasteiger partial charge in [-0.25, -0.2) is 0 Å². The van der Waals surface area contributed by atoms with Gasteiger partial charge in [-0.2, -0.15) is 0 Å². The zero-order valence-corrected chi connectivity index (χ0v) is 14.9. The van der Waals surface area contributed by atoms with Crippen molar-refractivity contribution in [1.82, 2.24) is 5.32 Å². The van der Waals surface area contributed by atoms with Gasteiger partial charge >= 0.3 is 0 Å². The van der Waals surface area contributed by atoms with Gasteiger partial charge in [0.15, 0.2) is 5.11 Å². The first kappa shape index (κ1) is 17.4. The predicted molar refractivity (Wildman–Crippen MR) is 100 cm³/mol. The number of carbonyl (C=O) groups excluding carboxylic acids is 1. The van der Waals surface area contributed by atoms with Gasteiger partial charge in [0, 0.05) is 16.3 Å². The molecule has 2 aromatic rings. The molecular weight excluding hydrogens is 328 g/mol. The first-order chi connectivity index (χ1) is 10.9. The van der Waals surface area contributed by atoms with Crippen LogP contribution in [-0.2, 0) is 0 Å². The van der Waals surface area contributed by atoms with Gasteiger partial charge in [0.2, 0.25) is 0 Å². The van der Waals surface area contributed by atoms with Gasteiger partial charge in [0.25, 0.3) is 5.91 Å². The summed E-state index contributed by atoms with van der Waals surface area (Å²) in [5.74, 6) is 0.193. The van der Waals surface area contributed by atoms with Gasteiger partial charge in [-0.3, -0.25) is 10.1 Å². The van der Waals surface area contributed by atoms with Crippen LogP contribution in [0.15, 0.2) is 42.5 Å². The summed E-state index contributed by atoms with van der Waals surface area (Å²) in [5, 5.41) is 6.57. The zero-order valence-electron chi connectivity index (χ0n) is 13.3. The molecule has 0 fully saturated rings. The molecule has 0 unspecified atom stereocenters. The molecule has 120 valence electrons. The van der Waals surface area contributed by atoms with Gasteiger partial charge in [0.05, 0.1) is 0 Å². The van der Waals surface area contributed by atoms with Gasteiger partial charge in [-0.15, -0.1) is 0 Å². The maximum Gasteiger partial charge on any atom is 0.257 e. The Labute approximate surface area is 147 Å². The number of hydrogen-bond donors (Lipinski definition) is 2. The van der Waals surface area contributed by atoms with Crippen LogP contribution in [0.4, 0.5) is 5.69 Å². The lowest BCUT2D eigenvalue weighted by Gasteiger charge is -2.13. The minimum absolute atomic E-state index is 0.238. The molecule has 1 amide bonds. The van der Waals surface area contributed by atoms with Crippen LogP contribution in [0.3, 0.4) is 0 Å². The van der Waals surface area contributed by atoms with Crippen molar-refractivity contribution in [2.75, 3.05) is 5.32 Å². The standard InChI is InChI=1S/C18H19ClN2OS/c1-11(2)13-7-9-14(10-8-13)17(22)21-18(23)20-16-6-4-5-15(19)12(16)3/h4-11H,1-3H3,(H2,20,21,22,23). The second kappa shape index (κ2) is 7.57. The number of thiocarbonyl (C=S) groups is 1. The molecule has 23 heavy (non-hydrogen) atoms. The van der Waals surface area contributed by atoms with Crippen molar-refractivity contribution in [2.45, 2.75) is 26.7 Å². The molecule has 0 aliphatic heterocycles. The fourth-order valence-electron chi connectivity index (χ4n) is 2.09. The first-order valence-corrected chi connectivity index (χ1v) is 8.14. The summed E-state index contributed by atoms with van der Waals surface area (Å²) in [6.07, 6.45) is 0. The Balaban J connectivity index is 2.02. The monoisotopic (exact) mass is 346 g/mol. The van der Waals surface area contributed by atoms with E-state index in [-0.39, 0.29) is 11.0 Å². The van der Waals surface area contributed by atoms with E-state index in [2.05, 4.69) is 24.5 Å². The van der Waals surface area contributed by atoms with Crippen LogP contribution in [0.25, 0.3) is 0 Å². The summed E-state index contributed by atoms with van der Waals surface area (Å²) in [6.45, 7) is 6.11. The van der Waals surface area contributed by atoms with E-state index in [1.54, 1.807) is 18.2 Å². The maximum atomic E-state index is 12.2. The van der Waals surface area contributed by atoms with Crippen molar-refractivity contribution in [3.8, 4) is 0 Å².